The zero-order valence-electron chi connectivity index (χ0n) is 4.73. The van der Waals surface area contributed by atoms with Crippen LogP contribution in [0.25, 0.3) is 0 Å². The van der Waals surface area contributed by atoms with E-state index in [1.54, 1.807) is 6.92 Å². The van der Waals surface area contributed by atoms with Crippen molar-refractivity contribution in [2.45, 2.75) is 13.8 Å². The predicted molar refractivity (Wildman–Crippen MR) is 21.7 cm³/mol. The van der Waals surface area contributed by atoms with E-state index in [0.717, 1.165) is 6.92 Å². The SMILES string of the molecule is CC(=O)[O-].[CH2-]C.[Zn+2]. The van der Waals surface area contributed by atoms with Crippen molar-refractivity contribution in [2.24, 2.45) is 0 Å². The summed E-state index contributed by atoms with van der Waals surface area (Å²) in [4.78, 5) is 8.89. The van der Waals surface area contributed by atoms with Gasteiger partial charge in [-0.1, -0.05) is 0 Å². The van der Waals surface area contributed by atoms with Crippen LogP contribution in [-0.4, -0.2) is 5.97 Å². The monoisotopic (exact) mass is 152 g/mol. The Labute approximate surface area is 56.7 Å². The molecule has 0 amide bonds. The standard InChI is InChI=1S/C2H4O2.C2H5.Zn/c1-2(3)4;1-2;/h1H3,(H,3,4);1H2,2H3;/q;-1;+2/p-1. The summed E-state index contributed by atoms with van der Waals surface area (Å²) >= 11 is 0. The van der Waals surface area contributed by atoms with Gasteiger partial charge in [0.15, 0.2) is 0 Å². The zero-order valence-corrected chi connectivity index (χ0v) is 7.70. The van der Waals surface area contributed by atoms with E-state index in [0.29, 0.717) is 0 Å². The van der Waals surface area contributed by atoms with Crippen LogP contribution in [0.2, 0.25) is 0 Å². The van der Waals surface area contributed by atoms with Crippen molar-refractivity contribution >= 4 is 5.97 Å². The Morgan fingerprint density at radius 1 is 1.57 bits per heavy atom. The summed E-state index contributed by atoms with van der Waals surface area (Å²) in [6.07, 6.45) is 0. The van der Waals surface area contributed by atoms with E-state index in [9.17, 15) is 0 Å². The van der Waals surface area contributed by atoms with Gasteiger partial charge in [-0.3, -0.25) is 0 Å². The van der Waals surface area contributed by atoms with Crippen molar-refractivity contribution in [3.05, 3.63) is 6.92 Å². The molecule has 0 heterocycles. The van der Waals surface area contributed by atoms with E-state index in [4.69, 9.17) is 9.90 Å². The molecule has 38 valence electrons. The maximum Gasteiger partial charge on any atom is 2.00 e. The molecule has 0 aromatic heterocycles. The van der Waals surface area contributed by atoms with E-state index in [1.807, 2.05) is 0 Å². The minimum Gasteiger partial charge on any atom is -0.550 e. The first kappa shape index (κ1) is 15.7. The zero-order chi connectivity index (χ0) is 5.58. The van der Waals surface area contributed by atoms with Gasteiger partial charge in [-0.05, 0) is 6.92 Å². The van der Waals surface area contributed by atoms with Crippen molar-refractivity contribution in [3.8, 4) is 0 Å². The maximum atomic E-state index is 8.89. The van der Waals surface area contributed by atoms with Crippen molar-refractivity contribution in [1.82, 2.24) is 0 Å². The van der Waals surface area contributed by atoms with E-state index in [1.165, 1.54) is 0 Å². The summed E-state index contributed by atoms with van der Waals surface area (Å²) in [7, 11) is 0. The maximum absolute atomic E-state index is 8.89. The number of carboxylic acid groups (broad SMARTS) is 1. The van der Waals surface area contributed by atoms with Gasteiger partial charge in [-0.2, -0.15) is 6.92 Å². The molecule has 0 rings (SSSR count). The number of carbonyl (C=O) groups is 1. The van der Waals surface area contributed by atoms with Crippen molar-refractivity contribution in [2.75, 3.05) is 0 Å². The topological polar surface area (TPSA) is 40.1 Å². The van der Waals surface area contributed by atoms with Crippen molar-refractivity contribution < 1.29 is 29.4 Å². The minimum atomic E-state index is -1.08. The molecule has 0 saturated carbocycles. The van der Waals surface area contributed by atoms with E-state index in [-0.39, 0.29) is 19.5 Å². The number of hydrogen-bond acceptors (Lipinski definition) is 2. The third kappa shape index (κ3) is 11700. The Morgan fingerprint density at radius 3 is 1.57 bits per heavy atom. The average Bonchev–Trinajstić information content (AvgIpc) is 1.41. The molecular formula is C4H8O2Zn. The summed E-state index contributed by atoms with van der Waals surface area (Å²) in [6, 6.07) is 0. The molecule has 0 spiro atoms. The van der Waals surface area contributed by atoms with E-state index < -0.39 is 5.97 Å². The first-order chi connectivity index (χ1) is 2.73. The second-order valence-electron chi connectivity index (χ2n) is 0.492. The molecule has 0 radical (unpaired) electrons. The third-order valence-corrected chi connectivity index (χ3v) is 0. The largest absolute Gasteiger partial charge is 2.00 e. The minimum absolute atomic E-state index is 0. The van der Waals surface area contributed by atoms with Gasteiger partial charge in [-0.25, -0.2) is 0 Å². The van der Waals surface area contributed by atoms with Crippen LogP contribution in [0.4, 0.5) is 0 Å². The van der Waals surface area contributed by atoms with Crippen LogP contribution in [0.3, 0.4) is 0 Å². The molecule has 0 aliphatic heterocycles. The fraction of sp³-hybridized carbons (Fsp3) is 0.500. The van der Waals surface area contributed by atoms with Crippen LogP contribution in [0.15, 0.2) is 0 Å². The summed E-state index contributed by atoms with van der Waals surface area (Å²) < 4.78 is 0. The van der Waals surface area contributed by atoms with Gasteiger partial charge < -0.3 is 16.8 Å². The Balaban J connectivity index is -0.0000000480. The van der Waals surface area contributed by atoms with Gasteiger partial charge in [-0.15, -0.1) is 0 Å². The number of rotatable bonds is 0. The third-order valence-electron chi connectivity index (χ3n) is 0. The fourth-order valence-corrected chi connectivity index (χ4v) is 0. The molecule has 0 aliphatic carbocycles. The summed E-state index contributed by atoms with van der Waals surface area (Å²) in [5.41, 5.74) is 0. The first-order valence-electron chi connectivity index (χ1n) is 1.62. The summed E-state index contributed by atoms with van der Waals surface area (Å²) in [5.74, 6) is -1.08. The molecule has 3 heteroatoms. The van der Waals surface area contributed by atoms with Crippen LogP contribution in [0.5, 0.6) is 0 Å². The van der Waals surface area contributed by atoms with Crippen LogP contribution >= 0.6 is 0 Å². The van der Waals surface area contributed by atoms with E-state index in [2.05, 4.69) is 6.92 Å². The molecule has 0 aliphatic rings. The quantitative estimate of drug-likeness (QED) is 0.351. The average molecular weight is 153 g/mol. The normalized spacial score (nSPS) is 4.43. The Bertz CT molecular complexity index is 32.7. The van der Waals surface area contributed by atoms with Crippen LogP contribution in [0.1, 0.15) is 13.8 Å². The fourth-order valence-electron chi connectivity index (χ4n) is 0. The molecule has 0 bridgehead atoms. The molecule has 0 saturated heterocycles. The molecule has 7 heavy (non-hydrogen) atoms. The van der Waals surface area contributed by atoms with Crippen LogP contribution in [-0.2, 0) is 24.3 Å². The number of carbonyl (C=O) groups excluding carboxylic acids is 1. The number of aliphatic carboxylic acids is 1. The molecule has 2 nitrogen and oxygen atoms in total. The van der Waals surface area contributed by atoms with Gasteiger partial charge in [0.25, 0.3) is 0 Å². The Morgan fingerprint density at radius 2 is 1.57 bits per heavy atom. The molecule has 0 fully saturated rings. The van der Waals surface area contributed by atoms with Crippen molar-refractivity contribution in [1.29, 1.82) is 0 Å². The molecule has 0 aromatic rings. The Hall–Kier alpha value is 0.0934. The molecular weight excluding hydrogens is 145 g/mol. The van der Waals surface area contributed by atoms with Crippen LogP contribution < -0.4 is 5.11 Å². The first-order valence-corrected chi connectivity index (χ1v) is 1.62. The number of carboxylic acids is 1. The molecule has 0 atom stereocenters. The second kappa shape index (κ2) is 16.5. The predicted octanol–water partition coefficient (Wildman–Crippen LogP) is -0.406. The second-order valence-corrected chi connectivity index (χ2v) is 0.492. The smallest absolute Gasteiger partial charge is 0.550 e. The van der Waals surface area contributed by atoms with Gasteiger partial charge in [0, 0.05) is 5.97 Å². The summed E-state index contributed by atoms with van der Waals surface area (Å²) in [6.45, 7) is 5.97. The molecule has 0 aromatic carbocycles. The summed E-state index contributed by atoms with van der Waals surface area (Å²) in [5, 5.41) is 8.89. The van der Waals surface area contributed by atoms with E-state index >= 15 is 0 Å². The molecule has 0 unspecified atom stereocenters. The Kier molecular flexibility index (Phi) is 37.1. The van der Waals surface area contributed by atoms with Crippen molar-refractivity contribution in [3.63, 3.8) is 0 Å². The number of hydrogen-bond donors (Lipinski definition) is 0. The van der Waals surface area contributed by atoms with Gasteiger partial charge >= 0.3 is 19.5 Å². The van der Waals surface area contributed by atoms with Gasteiger partial charge in [0.05, 0.1) is 0 Å². The van der Waals surface area contributed by atoms with Crippen LogP contribution in [0, 0.1) is 6.92 Å². The van der Waals surface area contributed by atoms with Gasteiger partial charge in [0.1, 0.15) is 0 Å². The van der Waals surface area contributed by atoms with Gasteiger partial charge in [0.2, 0.25) is 0 Å². The molecule has 0 N–H and O–H groups in total.